The zero-order valence-corrected chi connectivity index (χ0v) is 18.7. The van der Waals surface area contributed by atoms with Gasteiger partial charge in [-0.2, -0.15) is 0 Å². The highest BCUT2D eigenvalue weighted by atomic mass is 16.7. The van der Waals surface area contributed by atoms with Crippen LogP contribution in [0.3, 0.4) is 0 Å². The van der Waals surface area contributed by atoms with Crippen LogP contribution in [0.1, 0.15) is 0 Å². The number of aliphatic hydroxyl groups excluding tert-OH is 10. The van der Waals surface area contributed by atoms with Gasteiger partial charge in [0.2, 0.25) is 0 Å². The van der Waals surface area contributed by atoms with Crippen molar-refractivity contribution in [3.8, 4) is 0 Å². The lowest BCUT2D eigenvalue weighted by Crippen LogP contribution is -2.62. The van der Waals surface area contributed by atoms with Gasteiger partial charge in [-0.25, -0.2) is 0 Å². The van der Waals surface area contributed by atoms with Crippen LogP contribution in [-0.4, -0.2) is 170 Å². The Hall–Kier alpha value is -0.640. The fourth-order valence-corrected chi connectivity index (χ4v) is 4.06. The molecule has 3 rings (SSSR count). The van der Waals surface area contributed by atoms with E-state index in [1.54, 1.807) is 0 Å². The molecule has 0 amide bonds. The third-order valence-corrected chi connectivity index (χ3v) is 6.23. The van der Waals surface area contributed by atoms with Gasteiger partial charge in [-0.15, -0.1) is 0 Å². The van der Waals surface area contributed by atoms with Crippen LogP contribution in [0, 0.1) is 0 Å². The minimum atomic E-state index is -1.81. The number of hydrogen-bond acceptors (Lipinski definition) is 16. The van der Waals surface area contributed by atoms with E-state index in [0.29, 0.717) is 0 Å². The van der Waals surface area contributed by atoms with Crippen molar-refractivity contribution in [3.63, 3.8) is 0 Å². The Morgan fingerprint density at radius 1 is 0.486 bits per heavy atom. The van der Waals surface area contributed by atoms with Gasteiger partial charge in [0.1, 0.15) is 73.2 Å². The summed E-state index contributed by atoms with van der Waals surface area (Å²) in [7, 11) is 1.34. The first-order valence-electron chi connectivity index (χ1n) is 11.0. The Morgan fingerprint density at radius 3 is 1.57 bits per heavy atom. The van der Waals surface area contributed by atoms with Gasteiger partial charge in [0.05, 0.1) is 19.8 Å². The van der Waals surface area contributed by atoms with E-state index < -0.39 is 105 Å². The van der Waals surface area contributed by atoms with Crippen molar-refractivity contribution in [2.45, 2.75) is 92.1 Å². The molecular weight excluding hydrogens is 484 g/mol. The molecule has 0 radical (unpaired) electrons. The number of aliphatic hydroxyl groups is 10. The van der Waals surface area contributed by atoms with Gasteiger partial charge in [0, 0.05) is 7.11 Å². The second kappa shape index (κ2) is 12.3. The van der Waals surface area contributed by atoms with Crippen molar-refractivity contribution < 1.29 is 79.5 Å². The van der Waals surface area contributed by atoms with Crippen LogP contribution in [0.2, 0.25) is 0 Å². The summed E-state index contributed by atoms with van der Waals surface area (Å²) in [5, 5.41) is 99.9. The highest BCUT2D eigenvalue weighted by molar-refractivity contribution is 4.93. The zero-order valence-electron chi connectivity index (χ0n) is 18.7. The van der Waals surface area contributed by atoms with Crippen molar-refractivity contribution in [2.24, 2.45) is 0 Å². The van der Waals surface area contributed by atoms with Gasteiger partial charge >= 0.3 is 0 Å². The fourth-order valence-electron chi connectivity index (χ4n) is 4.06. The minimum Gasteiger partial charge on any atom is -0.387 e. The molecule has 15 unspecified atom stereocenters. The van der Waals surface area contributed by atoms with Crippen molar-refractivity contribution in [3.05, 3.63) is 0 Å². The maximum absolute atomic E-state index is 10.4. The summed E-state index contributed by atoms with van der Waals surface area (Å²) in [5.74, 6) is 0. The molecule has 3 heterocycles. The second-order valence-corrected chi connectivity index (χ2v) is 8.68. The third-order valence-electron chi connectivity index (χ3n) is 6.23. The van der Waals surface area contributed by atoms with Crippen LogP contribution in [0.5, 0.6) is 0 Å². The molecule has 16 nitrogen and oxygen atoms in total. The standard InChI is InChI=1S/C19H34O16/c1-30-2-5-8(20)12(24)15(27)19(35-5)32-4-7-10(22)13(25)16(18(29)34-7)31-3-6-9(21)11(23)14(26)17(28)33-6/h5-29H,2-4H2,1H3. The molecule has 0 aromatic rings. The molecule has 0 aromatic heterocycles. The van der Waals surface area contributed by atoms with Gasteiger partial charge in [0.25, 0.3) is 0 Å². The Balaban J connectivity index is 1.53. The molecule has 16 heteroatoms. The molecule has 3 aliphatic heterocycles. The Kier molecular flexibility index (Phi) is 10.1. The Morgan fingerprint density at radius 2 is 0.971 bits per heavy atom. The molecule has 15 atom stereocenters. The first kappa shape index (κ1) is 28.9. The molecule has 3 aliphatic rings. The van der Waals surface area contributed by atoms with E-state index in [1.807, 2.05) is 0 Å². The highest BCUT2D eigenvalue weighted by Gasteiger charge is 2.49. The van der Waals surface area contributed by atoms with E-state index in [-0.39, 0.29) is 6.61 Å². The molecule has 3 saturated heterocycles. The number of hydrogen-bond donors (Lipinski definition) is 10. The molecule has 35 heavy (non-hydrogen) atoms. The van der Waals surface area contributed by atoms with E-state index in [9.17, 15) is 51.1 Å². The average Bonchev–Trinajstić information content (AvgIpc) is 2.83. The van der Waals surface area contributed by atoms with Crippen LogP contribution >= 0.6 is 0 Å². The van der Waals surface area contributed by atoms with E-state index in [2.05, 4.69) is 0 Å². The van der Waals surface area contributed by atoms with Gasteiger partial charge in [-0.1, -0.05) is 0 Å². The normalized spacial score (nSPS) is 51.3. The predicted octanol–water partition coefficient (Wildman–Crippen LogP) is -6.92. The van der Waals surface area contributed by atoms with Crippen molar-refractivity contribution in [1.29, 1.82) is 0 Å². The van der Waals surface area contributed by atoms with Gasteiger partial charge in [-0.3, -0.25) is 0 Å². The molecule has 3 fully saturated rings. The zero-order chi connectivity index (χ0) is 26.0. The minimum absolute atomic E-state index is 0.115. The molecule has 0 bridgehead atoms. The molecule has 0 saturated carbocycles. The number of rotatable bonds is 8. The van der Waals surface area contributed by atoms with Crippen molar-refractivity contribution in [2.75, 3.05) is 26.9 Å². The smallest absolute Gasteiger partial charge is 0.186 e. The van der Waals surface area contributed by atoms with Crippen LogP contribution < -0.4 is 0 Å². The first-order valence-corrected chi connectivity index (χ1v) is 11.0. The van der Waals surface area contributed by atoms with E-state index in [1.165, 1.54) is 7.11 Å². The van der Waals surface area contributed by atoms with Gasteiger partial charge in [-0.05, 0) is 0 Å². The van der Waals surface area contributed by atoms with Crippen LogP contribution in [0.25, 0.3) is 0 Å². The lowest BCUT2D eigenvalue weighted by atomic mass is 9.97. The quantitative estimate of drug-likeness (QED) is 0.143. The molecule has 206 valence electrons. The van der Waals surface area contributed by atoms with Crippen molar-refractivity contribution in [1.82, 2.24) is 0 Å². The van der Waals surface area contributed by atoms with E-state index in [4.69, 9.17) is 28.4 Å². The third kappa shape index (κ3) is 6.27. The summed E-state index contributed by atoms with van der Waals surface area (Å²) in [6.07, 6.45) is -23.6. The fraction of sp³-hybridized carbons (Fsp3) is 1.00. The molecule has 0 spiro atoms. The van der Waals surface area contributed by atoms with E-state index >= 15 is 0 Å². The lowest BCUT2D eigenvalue weighted by molar-refractivity contribution is -0.335. The average molecular weight is 518 g/mol. The SMILES string of the molecule is COCC1OC(OCC2OC(O)C(OCC3OC(O)C(O)C(O)C3O)C(O)C2O)C(O)C(O)C1O. The Bertz CT molecular complexity index is 656. The maximum atomic E-state index is 10.4. The summed E-state index contributed by atoms with van der Waals surface area (Å²) in [4.78, 5) is 0. The molecule has 0 aromatic carbocycles. The summed E-state index contributed by atoms with van der Waals surface area (Å²) in [6.45, 7) is -1.20. The first-order chi connectivity index (χ1) is 16.5. The van der Waals surface area contributed by atoms with Crippen LogP contribution in [0.4, 0.5) is 0 Å². The second-order valence-electron chi connectivity index (χ2n) is 8.68. The van der Waals surface area contributed by atoms with Crippen LogP contribution in [0.15, 0.2) is 0 Å². The monoisotopic (exact) mass is 518 g/mol. The van der Waals surface area contributed by atoms with E-state index in [0.717, 1.165) is 0 Å². The number of ether oxygens (including phenoxy) is 6. The molecular formula is C19H34O16. The summed E-state index contributed by atoms with van der Waals surface area (Å²) in [6, 6.07) is 0. The maximum Gasteiger partial charge on any atom is 0.186 e. The largest absolute Gasteiger partial charge is 0.387 e. The van der Waals surface area contributed by atoms with Gasteiger partial charge < -0.3 is 79.5 Å². The molecule has 0 aliphatic carbocycles. The topological polar surface area (TPSA) is 258 Å². The number of methoxy groups -OCH3 is 1. The lowest BCUT2D eigenvalue weighted by Gasteiger charge is -2.43. The predicted molar refractivity (Wildman–Crippen MR) is 106 cm³/mol. The van der Waals surface area contributed by atoms with Gasteiger partial charge in [0.15, 0.2) is 18.9 Å². The summed E-state index contributed by atoms with van der Waals surface area (Å²) < 4.78 is 31.1. The highest BCUT2D eigenvalue weighted by Crippen LogP contribution is 2.27. The summed E-state index contributed by atoms with van der Waals surface area (Å²) in [5.41, 5.74) is 0. The summed E-state index contributed by atoms with van der Waals surface area (Å²) >= 11 is 0. The van der Waals surface area contributed by atoms with Crippen molar-refractivity contribution >= 4 is 0 Å². The van der Waals surface area contributed by atoms with Crippen LogP contribution in [-0.2, 0) is 28.4 Å². The molecule has 10 N–H and O–H groups in total. The Labute approximate surface area is 199 Å².